The molecule has 0 aliphatic carbocycles. The number of piperazine rings is 1. The quantitative estimate of drug-likeness (QED) is 0.675. The van der Waals surface area contributed by atoms with Crippen LogP contribution >= 0.6 is 0 Å². The highest BCUT2D eigenvalue weighted by atomic mass is 16.2. The lowest BCUT2D eigenvalue weighted by Gasteiger charge is -2.36. The van der Waals surface area contributed by atoms with Gasteiger partial charge in [0.15, 0.2) is 0 Å². The highest BCUT2D eigenvalue weighted by molar-refractivity contribution is 5.89. The van der Waals surface area contributed by atoms with Crippen molar-refractivity contribution >= 4 is 17.5 Å². The number of para-hydroxylation sites is 1. The molecule has 160 valence electrons. The second-order valence-electron chi connectivity index (χ2n) is 7.81. The van der Waals surface area contributed by atoms with E-state index in [1.165, 1.54) is 11.1 Å². The Bertz CT molecular complexity index is 1010. The number of hydrogen-bond donors (Lipinski definition) is 1. The number of carbonyl (C=O) groups excluding carboxylic acids is 1. The standard InChI is InChI=1S/C25H29N5O/c1-3-23-22(18-20-10-6-4-7-11-20)24(27-19(2)26-23)29-14-16-30(17-15-29)25(31)28-21-12-8-5-9-13-21/h4-13H,3,14-18H2,1-2H3,(H,28,31). The minimum atomic E-state index is -0.0523. The second-order valence-corrected chi connectivity index (χ2v) is 7.81. The monoisotopic (exact) mass is 415 g/mol. The Morgan fingerprint density at radius 2 is 1.58 bits per heavy atom. The lowest BCUT2D eigenvalue weighted by molar-refractivity contribution is 0.208. The van der Waals surface area contributed by atoms with Gasteiger partial charge in [0.05, 0.1) is 0 Å². The van der Waals surface area contributed by atoms with Crippen molar-refractivity contribution in [1.29, 1.82) is 0 Å². The fourth-order valence-electron chi connectivity index (χ4n) is 4.02. The Labute approximate surface area is 183 Å². The number of aromatic nitrogens is 2. The van der Waals surface area contributed by atoms with Crippen LogP contribution in [0.1, 0.15) is 29.6 Å². The Hall–Kier alpha value is -3.41. The number of aryl methyl sites for hydroxylation is 2. The van der Waals surface area contributed by atoms with Crippen LogP contribution < -0.4 is 10.2 Å². The third-order valence-corrected chi connectivity index (χ3v) is 5.63. The van der Waals surface area contributed by atoms with Crippen LogP contribution in [-0.4, -0.2) is 47.1 Å². The van der Waals surface area contributed by atoms with E-state index in [9.17, 15) is 4.79 Å². The number of amides is 2. The summed E-state index contributed by atoms with van der Waals surface area (Å²) < 4.78 is 0. The Morgan fingerprint density at radius 1 is 0.935 bits per heavy atom. The van der Waals surface area contributed by atoms with Gasteiger partial charge in [-0.1, -0.05) is 55.5 Å². The number of benzene rings is 2. The summed E-state index contributed by atoms with van der Waals surface area (Å²) in [6, 6.07) is 20.0. The molecule has 1 fully saturated rings. The molecule has 1 N–H and O–H groups in total. The first-order valence-electron chi connectivity index (χ1n) is 10.9. The fourth-order valence-corrected chi connectivity index (χ4v) is 4.02. The van der Waals surface area contributed by atoms with Gasteiger partial charge < -0.3 is 15.1 Å². The van der Waals surface area contributed by atoms with Crippen molar-refractivity contribution in [3.8, 4) is 0 Å². The summed E-state index contributed by atoms with van der Waals surface area (Å²) in [6.45, 7) is 6.93. The van der Waals surface area contributed by atoms with E-state index in [-0.39, 0.29) is 6.03 Å². The van der Waals surface area contributed by atoms with Gasteiger partial charge in [0.25, 0.3) is 0 Å². The lowest BCUT2D eigenvalue weighted by atomic mass is 10.0. The van der Waals surface area contributed by atoms with Crippen molar-refractivity contribution in [2.75, 3.05) is 36.4 Å². The number of anilines is 2. The Balaban J connectivity index is 1.50. The molecule has 3 aromatic rings. The van der Waals surface area contributed by atoms with E-state index in [1.807, 2.05) is 48.2 Å². The van der Waals surface area contributed by atoms with Crippen molar-refractivity contribution in [3.63, 3.8) is 0 Å². The van der Waals surface area contributed by atoms with Crippen LogP contribution in [0.25, 0.3) is 0 Å². The van der Waals surface area contributed by atoms with Crippen LogP contribution in [0, 0.1) is 6.92 Å². The lowest BCUT2D eigenvalue weighted by Crippen LogP contribution is -2.50. The zero-order chi connectivity index (χ0) is 21.6. The van der Waals surface area contributed by atoms with Crippen LogP contribution in [0.15, 0.2) is 60.7 Å². The molecule has 0 saturated carbocycles. The van der Waals surface area contributed by atoms with Gasteiger partial charge in [0.1, 0.15) is 11.6 Å². The molecule has 1 aromatic heterocycles. The maximum Gasteiger partial charge on any atom is 0.321 e. The summed E-state index contributed by atoms with van der Waals surface area (Å²) in [5.41, 5.74) is 4.38. The largest absolute Gasteiger partial charge is 0.353 e. The van der Waals surface area contributed by atoms with Crippen molar-refractivity contribution < 1.29 is 4.79 Å². The normalized spacial score (nSPS) is 13.9. The topological polar surface area (TPSA) is 61.4 Å². The SMILES string of the molecule is CCc1nc(C)nc(N2CCN(C(=O)Nc3ccccc3)CC2)c1Cc1ccccc1. The van der Waals surface area contributed by atoms with Crippen molar-refractivity contribution in [3.05, 3.63) is 83.3 Å². The molecule has 0 bridgehead atoms. The molecule has 2 heterocycles. The minimum absolute atomic E-state index is 0.0523. The van der Waals surface area contributed by atoms with Gasteiger partial charge >= 0.3 is 6.03 Å². The predicted octanol–water partition coefficient (Wildman–Crippen LogP) is 4.29. The second kappa shape index (κ2) is 9.60. The van der Waals surface area contributed by atoms with Crippen LogP contribution in [0.4, 0.5) is 16.3 Å². The van der Waals surface area contributed by atoms with Crippen LogP contribution in [-0.2, 0) is 12.8 Å². The number of nitrogens with zero attached hydrogens (tertiary/aromatic N) is 4. The molecule has 0 unspecified atom stereocenters. The van der Waals surface area contributed by atoms with E-state index in [1.54, 1.807) is 0 Å². The van der Waals surface area contributed by atoms with Gasteiger partial charge in [-0.15, -0.1) is 0 Å². The molecular formula is C25H29N5O. The molecule has 31 heavy (non-hydrogen) atoms. The van der Waals surface area contributed by atoms with Crippen LogP contribution in [0.2, 0.25) is 0 Å². The Morgan fingerprint density at radius 3 is 2.23 bits per heavy atom. The van der Waals surface area contributed by atoms with Gasteiger partial charge in [-0.2, -0.15) is 0 Å². The van der Waals surface area contributed by atoms with E-state index in [0.29, 0.717) is 13.1 Å². The summed E-state index contributed by atoms with van der Waals surface area (Å²) >= 11 is 0. The Kier molecular flexibility index (Phi) is 6.46. The summed E-state index contributed by atoms with van der Waals surface area (Å²) in [6.07, 6.45) is 1.69. The van der Waals surface area contributed by atoms with Gasteiger partial charge in [0, 0.05) is 49.5 Å². The summed E-state index contributed by atoms with van der Waals surface area (Å²) in [4.78, 5) is 26.4. The van der Waals surface area contributed by atoms with E-state index < -0.39 is 0 Å². The third-order valence-electron chi connectivity index (χ3n) is 5.63. The molecule has 1 aliphatic rings. The average molecular weight is 416 g/mol. The molecule has 6 nitrogen and oxygen atoms in total. The number of nitrogens with one attached hydrogen (secondary N) is 1. The highest BCUT2D eigenvalue weighted by Crippen LogP contribution is 2.26. The third kappa shape index (κ3) is 5.02. The van der Waals surface area contributed by atoms with E-state index in [4.69, 9.17) is 9.97 Å². The van der Waals surface area contributed by atoms with E-state index >= 15 is 0 Å². The molecular weight excluding hydrogens is 386 g/mol. The van der Waals surface area contributed by atoms with Gasteiger partial charge in [0.2, 0.25) is 0 Å². The minimum Gasteiger partial charge on any atom is -0.353 e. The number of hydrogen-bond acceptors (Lipinski definition) is 4. The van der Waals surface area contributed by atoms with Crippen LogP contribution in [0.5, 0.6) is 0 Å². The van der Waals surface area contributed by atoms with Crippen LogP contribution in [0.3, 0.4) is 0 Å². The predicted molar refractivity (Wildman–Crippen MR) is 125 cm³/mol. The average Bonchev–Trinajstić information content (AvgIpc) is 2.81. The van der Waals surface area contributed by atoms with Gasteiger partial charge in [-0.25, -0.2) is 14.8 Å². The van der Waals surface area contributed by atoms with Crippen molar-refractivity contribution in [2.24, 2.45) is 0 Å². The summed E-state index contributed by atoms with van der Waals surface area (Å²) in [5, 5.41) is 2.98. The molecule has 2 amide bonds. The summed E-state index contributed by atoms with van der Waals surface area (Å²) in [5.74, 6) is 1.81. The zero-order valence-electron chi connectivity index (χ0n) is 18.2. The molecule has 0 spiro atoms. The fraction of sp³-hybridized carbons (Fsp3) is 0.320. The first-order chi connectivity index (χ1) is 15.1. The number of rotatable bonds is 5. The van der Waals surface area contributed by atoms with Gasteiger partial charge in [-0.05, 0) is 31.0 Å². The highest BCUT2D eigenvalue weighted by Gasteiger charge is 2.25. The van der Waals surface area contributed by atoms with Gasteiger partial charge in [-0.3, -0.25) is 0 Å². The zero-order valence-corrected chi connectivity index (χ0v) is 18.2. The molecule has 0 radical (unpaired) electrons. The molecule has 4 rings (SSSR count). The maximum atomic E-state index is 12.6. The smallest absolute Gasteiger partial charge is 0.321 e. The number of carbonyl (C=O) groups is 1. The molecule has 0 atom stereocenters. The maximum absolute atomic E-state index is 12.6. The van der Waals surface area contributed by atoms with E-state index in [2.05, 4.69) is 41.4 Å². The molecule has 1 saturated heterocycles. The summed E-state index contributed by atoms with van der Waals surface area (Å²) in [7, 11) is 0. The molecule has 1 aliphatic heterocycles. The van der Waals surface area contributed by atoms with Crippen molar-refractivity contribution in [1.82, 2.24) is 14.9 Å². The molecule has 6 heteroatoms. The van der Waals surface area contributed by atoms with Crippen molar-refractivity contribution in [2.45, 2.75) is 26.7 Å². The number of urea groups is 1. The molecule has 2 aromatic carbocycles. The first-order valence-corrected chi connectivity index (χ1v) is 10.9. The first kappa shape index (κ1) is 20.8. The van der Waals surface area contributed by atoms with E-state index in [0.717, 1.165) is 49.0 Å².